The molecule has 0 radical (unpaired) electrons. The Balaban J connectivity index is 1.69. The molecule has 1 aliphatic carbocycles. The van der Waals surface area contributed by atoms with E-state index in [-0.39, 0.29) is 0 Å². The van der Waals surface area contributed by atoms with Crippen LogP contribution in [0.4, 0.5) is 11.4 Å². The van der Waals surface area contributed by atoms with Gasteiger partial charge in [0.05, 0.1) is 16.9 Å². The van der Waals surface area contributed by atoms with E-state index in [0.717, 1.165) is 24.8 Å². The van der Waals surface area contributed by atoms with E-state index in [9.17, 15) is 4.79 Å². The van der Waals surface area contributed by atoms with Gasteiger partial charge in [-0.1, -0.05) is 0 Å². The molecule has 4 N–H and O–H groups in total. The normalized spacial score (nSPS) is 15.3. The number of nitrogens with zero attached hydrogens (tertiary/aromatic N) is 1. The summed E-state index contributed by atoms with van der Waals surface area (Å²) in [6.45, 7) is 1.80. The van der Waals surface area contributed by atoms with E-state index in [0.29, 0.717) is 16.8 Å². The molecule has 1 heterocycles. The number of hydrogen-bond acceptors (Lipinski definition) is 5. The van der Waals surface area contributed by atoms with E-state index in [1.807, 2.05) is 6.07 Å². The van der Waals surface area contributed by atoms with Gasteiger partial charge in [-0.05, 0) is 26.0 Å². The van der Waals surface area contributed by atoms with Crippen molar-refractivity contribution in [1.29, 1.82) is 0 Å². The smallest absolute Gasteiger partial charge is 0.408 e. The molecule has 19 heavy (non-hydrogen) atoms. The van der Waals surface area contributed by atoms with E-state index < -0.39 is 5.76 Å². The predicted octanol–water partition coefficient (Wildman–Crippen LogP) is 1.21. The second-order valence-electron chi connectivity index (χ2n) is 5.09. The first kappa shape index (κ1) is 12.1. The number of aromatic nitrogens is 1. The Morgan fingerprint density at radius 2 is 2.32 bits per heavy atom. The fourth-order valence-electron chi connectivity index (χ4n) is 2.23. The van der Waals surface area contributed by atoms with Crippen LogP contribution in [0.3, 0.4) is 0 Å². The Labute approximate surface area is 110 Å². The lowest BCUT2D eigenvalue weighted by Gasteiger charge is -2.16. The van der Waals surface area contributed by atoms with Crippen LogP contribution in [0, 0.1) is 0 Å². The van der Waals surface area contributed by atoms with Crippen molar-refractivity contribution in [2.24, 2.45) is 0 Å². The quantitative estimate of drug-likeness (QED) is 0.705. The van der Waals surface area contributed by atoms with E-state index in [4.69, 9.17) is 10.2 Å². The number of rotatable bonds is 5. The van der Waals surface area contributed by atoms with Crippen molar-refractivity contribution in [3.8, 4) is 0 Å². The van der Waals surface area contributed by atoms with Gasteiger partial charge in [0.1, 0.15) is 0 Å². The molecule has 3 rings (SSSR count). The maximum absolute atomic E-state index is 11.1. The highest BCUT2D eigenvalue weighted by Gasteiger charge is 2.25. The minimum Gasteiger partial charge on any atom is -0.408 e. The second-order valence-corrected chi connectivity index (χ2v) is 5.09. The number of nitrogens with one attached hydrogen (secondary N) is 2. The molecular weight excluding hydrogens is 244 g/mol. The van der Waals surface area contributed by atoms with Crippen LogP contribution >= 0.6 is 0 Å². The fourth-order valence-corrected chi connectivity index (χ4v) is 2.23. The van der Waals surface area contributed by atoms with Gasteiger partial charge in [0, 0.05) is 25.2 Å². The highest BCUT2D eigenvalue weighted by atomic mass is 16.4. The Morgan fingerprint density at radius 1 is 1.53 bits per heavy atom. The molecule has 1 aromatic carbocycles. The van der Waals surface area contributed by atoms with Crippen molar-refractivity contribution < 1.29 is 4.42 Å². The lowest BCUT2D eigenvalue weighted by atomic mass is 10.2. The van der Waals surface area contributed by atoms with Crippen molar-refractivity contribution in [3.63, 3.8) is 0 Å². The van der Waals surface area contributed by atoms with Gasteiger partial charge in [-0.25, -0.2) is 4.79 Å². The van der Waals surface area contributed by atoms with Crippen LogP contribution in [0.25, 0.3) is 11.1 Å². The molecule has 102 valence electrons. The molecule has 0 bridgehead atoms. The molecule has 1 aliphatic rings. The zero-order valence-electron chi connectivity index (χ0n) is 10.9. The third kappa shape index (κ3) is 2.58. The summed E-state index contributed by atoms with van der Waals surface area (Å²) in [6.07, 6.45) is 2.61. The summed E-state index contributed by atoms with van der Waals surface area (Å²) >= 11 is 0. The number of hydrogen-bond donors (Lipinski definition) is 3. The standard InChI is InChI=1S/C13H18N4O2/c1-17(8-2-3-8)5-4-15-10-7-11-12(6-9(10)14)19-13(18)16-11/h6-8,15H,2-5,14H2,1H3,(H,16,18). The van der Waals surface area contributed by atoms with Crippen molar-refractivity contribution in [1.82, 2.24) is 9.88 Å². The highest BCUT2D eigenvalue weighted by Crippen LogP contribution is 2.26. The van der Waals surface area contributed by atoms with Gasteiger partial charge in [0.15, 0.2) is 5.58 Å². The van der Waals surface area contributed by atoms with Crippen LogP contribution in [0.5, 0.6) is 0 Å². The van der Waals surface area contributed by atoms with Crippen LogP contribution in [0.15, 0.2) is 21.3 Å². The number of nitrogens with two attached hydrogens (primary N) is 1. The average molecular weight is 262 g/mol. The van der Waals surface area contributed by atoms with Crippen LogP contribution in [0.1, 0.15) is 12.8 Å². The Morgan fingerprint density at radius 3 is 3.05 bits per heavy atom. The van der Waals surface area contributed by atoms with Gasteiger partial charge in [-0.15, -0.1) is 0 Å². The van der Waals surface area contributed by atoms with Gasteiger partial charge in [0.2, 0.25) is 0 Å². The molecule has 1 saturated carbocycles. The molecule has 6 nitrogen and oxygen atoms in total. The Kier molecular flexibility index (Phi) is 2.94. The van der Waals surface area contributed by atoms with E-state index >= 15 is 0 Å². The molecule has 0 unspecified atom stereocenters. The van der Waals surface area contributed by atoms with E-state index in [2.05, 4.69) is 22.2 Å². The number of benzene rings is 1. The summed E-state index contributed by atoms with van der Waals surface area (Å²) in [5, 5.41) is 3.30. The lowest BCUT2D eigenvalue weighted by Crippen LogP contribution is -2.27. The lowest BCUT2D eigenvalue weighted by molar-refractivity contribution is 0.337. The SMILES string of the molecule is CN(CCNc1cc2[nH]c(=O)oc2cc1N)C1CC1. The zero-order valence-corrected chi connectivity index (χ0v) is 10.9. The number of fused-ring (bicyclic) bond motifs is 1. The molecule has 0 spiro atoms. The number of anilines is 2. The number of likely N-dealkylation sites (N-methyl/N-ethyl adjacent to an activating group) is 1. The zero-order chi connectivity index (χ0) is 13.4. The summed E-state index contributed by atoms with van der Waals surface area (Å²) in [5.41, 5.74) is 8.50. The van der Waals surface area contributed by atoms with Crippen LogP contribution in [-0.2, 0) is 0 Å². The maximum atomic E-state index is 11.1. The third-order valence-corrected chi connectivity index (χ3v) is 3.54. The molecular formula is C13H18N4O2. The average Bonchev–Trinajstić information content (AvgIpc) is 3.13. The van der Waals surface area contributed by atoms with Crippen LogP contribution in [0.2, 0.25) is 0 Å². The summed E-state index contributed by atoms with van der Waals surface area (Å²) in [4.78, 5) is 16.1. The van der Waals surface area contributed by atoms with Gasteiger partial charge in [0.25, 0.3) is 0 Å². The minimum absolute atomic E-state index is 0.458. The van der Waals surface area contributed by atoms with Gasteiger partial charge < -0.3 is 20.4 Å². The minimum atomic E-state index is -0.458. The molecule has 0 saturated heterocycles. The van der Waals surface area contributed by atoms with Crippen LogP contribution in [-0.4, -0.2) is 36.1 Å². The summed E-state index contributed by atoms with van der Waals surface area (Å²) in [7, 11) is 2.14. The molecule has 6 heteroatoms. The van der Waals surface area contributed by atoms with Gasteiger partial charge in [-0.2, -0.15) is 0 Å². The first-order valence-electron chi connectivity index (χ1n) is 6.50. The van der Waals surface area contributed by atoms with Crippen molar-refractivity contribution in [3.05, 3.63) is 22.7 Å². The van der Waals surface area contributed by atoms with Crippen LogP contribution < -0.4 is 16.8 Å². The molecule has 1 aromatic heterocycles. The van der Waals surface area contributed by atoms with E-state index in [1.54, 1.807) is 6.07 Å². The summed E-state index contributed by atoms with van der Waals surface area (Å²) in [6, 6.07) is 4.24. The third-order valence-electron chi connectivity index (χ3n) is 3.54. The first-order valence-corrected chi connectivity index (χ1v) is 6.50. The first-order chi connectivity index (χ1) is 9.13. The monoisotopic (exact) mass is 262 g/mol. The summed E-state index contributed by atoms with van der Waals surface area (Å²) in [5.74, 6) is -0.458. The highest BCUT2D eigenvalue weighted by molar-refractivity contribution is 5.85. The molecule has 2 aromatic rings. The molecule has 0 amide bonds. The van der Waals surface area contributed by atoms with E-state index in [1.165, 1.54) is 12.8 Å². The number of aromatic amines is 1. The fraction of sp³-hybridized carbons (Fsp3) is 0.462. The topological polar surface area (TPSA) is 87.3 Å². The molecule has 1 fully saturated rings. The predicted molar refractivity (Wildman–Crippen MR) is 75.4 cm³/mol. The second kappa shape index (κ2) is 4.62. The van der Waals surface area contributed by atoms with Gasteiger partial charge in [-0.3, -0.25) is 4.98 Å². The Hall–Kier alpha value is -1.95. The molecule has 0 aliphatic heterocycles. The number of H-pyrrole nitrogens is 1. The largest absolute Gasteiger partial charge is 0.417 e. The van der Waals surface area contributed by atoms with Gasteiger partial charge >= 0.3 is 5.76 Å². The number of oxazole rings is 1. The van der Waals surface area contributed by atoms with Crippen molar-refractivity contribution in [2.45, 2.75) is 18.9 Å². The number of nitrogen functional groups attached to an aromatic ring is 1. The maximum Gasteiger partial charge on any atom is 0.417 e. The molecule has 0 atom stereocenters. The van der Waals surface area contributed by atoms with Crippen molar-refractivity contribution >= 4 is 22.5 Å². The van der Waals surface area contributed by atoms with Crippen molar-refractivity contribution in [2.75, 3.05) is 31.2 Å². The Bertz CT molecular complexity index is 642. The summed E-state index contributed by atoms with van der Waals surface area (Å²) < 4.78 is 4.96.